The Balaban J connectivity index is 0.000000414. The topological polar surface area (TPSA) is 212 Å². The average Bonchev–Trinajstić information content (AvgIpc) is 3.86. The smallest absolute Gasteiger partial charge is 0.209 e. The quantitative estimate of drug-likeness (QED) is 0.143. The molecule has 0 aromatic carbocycles. The van der Waals surface area contributed by atoms with E-state index in [9.17, 15) is 29.5 Å². The van der Waals surface area contributed by atoms with Gasteiger partial charge in [0.25, 0.3) is 0 Å². The zero-order valence-corrected chi connectivity index (χ0v) is 46.9. The molecule has 0 bridgehead atoms. The summed E-state index contributed by atoms with van der Waals surface area (Å²) in [6.07, 6.45) is 14.7. The van der Waals surface area contributed by atoms with Gasteiger partial charge in [-0.3, -0.25) is 14.2 Å². The molecule has 0 aliphatic carbocycles. The highest BCUT2D eigenvalue weighted by Gasteiger charge is 2.15. The van der Waals surface area contributed by atoms with E-state index in [-0.39, 0.29) is 25.2 Å². The van der Waals surface area contributed by atoms with Crippen LogP contribution in [0.1, 0.15) is 92.5 Å². The molecule has 0 aliphatic rings. The van der Waals surface area contributed by atoms with Crippen LogP contribution in [0.15, 0.2) is 105 Å². The maximum atomic E-state index is 11.4. The molecule has 68 heavy (non-hydrogen) atoms. The maximum Gasteiger partial charge on any atom is 0.209 e. The number of sulfone groups is 3. The van der Waals surface area contributed by atoms with E-state index in [1.54, 1.807) is 43.0 Å². The van der Waals surface area contributed by atoms with Crippen molar-refractivity contribution in [3.63, 3.8) is 0 Å². The fraction of sp³-hybridized carbons (Fsp3) is 0.429. The van der Waals surface area contributed by atoms with Crippen molar-refractivity contribution in [2.75, 3.05) is 36.9 Å². The number of nitrogens with one attached hydrogen (secondary N) is 2. The molecule has 6 aromatic heterocycles. The molecule has 0 aliphatic heterocycles. The first-order chi connectivity index (χ1) is 30.9. The highest BCUT2D eigenvalue weighted by Crippen LogP contribution is 2.20. The first kappa shape index (κ1) is 61.2. The Morgan fingerprint density at radius 1 is 0.618 bits per heavy atom. The molecule has 1 atom stereocenters. The molecule has 0 radical (unpaired) electrons. The van der Waals surface area contributed by atoms with Crippen LogP contribution in [0.25, 0.3) is 0 Å². The number of aromatic amines is 1. The van der Waals surface area contributed by atoms with Gasteiger partial charge in [-0.05, 0) is 142 Å². The van der Waals surface area contributed by atoms with E-state index in [2.05, 4.69) is 116 Å². The minimum absolute atomic E-state index is 0.119. The molecular weight excluding hydrogens is 959 g/mol. The van der Waals surface area contributed by atoms with Crippen molar-refractivity contribution in [1.82, 2.24) is 29.9 Å². The predicted molar refractivity (Wildman–Crippen MR) is 283 cm³/mol. The second-order valence-electron chi connectivity index (χ2n) is 18.7. The standard InChI is InChI=1S/C12H20N2O2S.C10H15N.C8H11NOS.C8H11N.C6H9NO2S.C5H7NO2S2/c1-9-6-10(13-8-12(2,3)4)14-11(7-9)17(5,15)16;1-8-5-6-11-9(7-8)10(2,3)4;1-7-4-5-9-8(6-7)11(2,3)10;1-3-8-6-7(2)4-5-9-8;1-5-3-6(7-4-5)10(2,8)9;1-4-3-6-5(9-4)10(2,7)8/h6-7H,8H2,1-5H3,(H,13,14);5-7H,1-4H3;4-6H,2H2,1,3H3;4-6H,3H2,1-2H3;3-4,7H,1-2H3;3H,1-2H3. The number of pyridine rings is 4. The Morgan fingerprint density at radius 2 is 1.15 bits per heavy atom. The molecule has 14 nitrogen and oxygen atoms in total. The lowest BCUT2D eigenvalue weighted by atomic mass is 9.91. The minimum Gasteiger partial charge on any atom is -0.370 e. The van der Waals surface area contributed by atoms with Crippen LogP contribution >= 0.6 is 11.3 Å². The Hall–Kier alpha value is -4.82. The summed E-state index contributed by atoms with van der Waals surface area (Å²) in [6, 6.07) is 17.0. The summed E-state index contributed by atoms with van der Waals surface area (Å²) in [5.41, 5.74) is 8.09. The van der Waals surface area contributed by atoms with Crippen LogP contribution in [0.4, 0.5) is 5.82 Å². The lowest BCUT2D eigenvalue weighted by Gasteiger charge is -2.19. The van der Waals surface area contributed by atoms with E-state index in [1.807, 2.05) is 64.4 Å². The third-order valence-electron chi connectivity index (χ3n) is 8.59. The predicted octanol–water partition coefficient (Wildman–Crippen LogP) is 9.57. The monoisotopic (exact) mass is 1030 g/mol. The molecule has 376 valence electrons. The van der Waals surface area contributed by atoms with E-state index >= 15 is 0 Å². The van der Waals surface area contributed by atoms with Gasteiger partial charge < -0.3 is 10.3 Å². The molecule has 6 rings (SSSR count). The number of H-pyrrole nitrogens is 1. The van der Waals surface area contributed by atoms with Crippen molar-refractivity contribution >= 4 is 62.1 Å². The molecule has 6 heterocycles. The van der Waals surface area contributed by atoms with Crippen molar-refractivity contribution in [3.8, 4) is 0 Å². The van der Waals surface area contributed by atoms with Crippen LogP contribution in [0.5, 0.6) is 0 Å². The highest BCUT2D eigenvalue weighted by molar-refractivity contribution is 7.99. The van der Waals surface area contributed by atoms with Crippen LogP contribution < -0.4 is 5.32 Å². The number of aryl methyl sites for hydroxylation is 7. The summed E-state index contributed by atoms with van der Waals surface area (Å²) >= 11 is 1.20. The second-order valence-corrected chi connectivity index (χ2v) is 28.5. The van der Waals surface area contributed by atoms with Gasteiger partial charge in [-0.1, -0.05) is 48.5 Å². The minimum atomic E-state index is -3.25. The summed E-state index contributed by atoms with van der Waals surface area (Å²) in [4.78, 5) is 23.8. The first-order valence-electron chi connectivity index (χ1n) is 21.4. The maximum absolute atomic E-state index is 11.4. The molecule has 1 unspecified atom stereocenters. The zero-order valence-electron chi connectivity index (χ0n) is 42.8. The van der Waals surface area contributed by atoms with Gasteiger partial charge in [-0.25, -0.2) is 40.2 Å². The molecule has 6 aromatic rings. The largest absolute Gasteiger partial charge is 0.370 e. The van der Waals surface area contributed by atoms with Gasteiger partial charge in [-0.2, -0.15) is 0 Å². The van der Waals surface area contributed by atoms with E-state index in [1.165, 1.54) is 40.7 Å². The number of anilines is 1. The van der Waals surface area contributed by atoms with Crippen LogP contribution in [-0.2, 0) is 50.9 Å². The van der Waals surface area contributed by atoms with Crippen LogP contribution in [0.2, 0.25) is 0 Å². The third kappa shape index (κ3) is 25.5. The van der Waals surface area contributed by atoms with Gasteiger partial charge in [0, 0.05) is 93.8 Å². The molecular formula is C49H73N7O7S5. The Labute approximate surface area is 412 Å². The summed E-state index contributed by atoms with van der Waals surface area (Å²) in [5.74, 6) is 4.16. The van der Waals surface area contributed by atoms with Crippen molar-refractivity contribution in [1.29, 1.82) is 0 Å². The number of hydrogen-bond acceptors (Lipinski definition) is 14. The van der Waals surface area contributed by atoms with E-state index < -0.39 is 39.0 Å². The summed E-state index contributed by atoms with van der Waals surface area (Å²) in [7, 11) is -11.5. The SMILES string of the molecule is C=S(C)(=O)c1cc(C)ccn1.CCc1cc(C)ccn1.Cc1c[nH]c(S(C)(=O)=O)c1.Cc1cc(NCC(C)(C)C)nc(S(C)(=O)=O)c1.Cc1ccnc(C(C)(C)C)c1.Cc1cnc(S(C)(=O)=O)s1. The Morgan fingerprint density at radius 3 is 1.47 bits per heavy atom. The zero-order chi connectivity index (χ0) is 52.5. The van der Waals surface area contributed by atoms with Crippen molar-refractivity contribution in [3.05, 3.63) is 130 Å². The molecule has 0 spiro atoms. The highest BCUT2D eigenvalue weighted by atomic mass is 32.2. The number of thiazole rings is 1. The average molecular weight is 1030 g/mol. The lowest BCUT2D eigenvalue weighted by Crippen LogP contribution is -2.20. The van der Waals surface area contributed by atoms with E-state index in [4.69, 9.17) is 0 Å². The normalized spacial score (nSPS) is 12.3. The number of rotatable bonds is 7. The van der Waals surface area contributed by atoms with Crippen LogP contribution in [0.3, 0.4) is 0 Å². The summed E-state index contributed by atoms with van der Waals surface area (Å²) < 4.78 is 77.7. The van der Waals surface area contributed by atoms with E-state index in [0.29, 0.717) is 10.8 Å². The van der Waals surface area contributed by atoms with Crippen LogP contribution in [-0.4, -0.2) is 96.8 Å². The van der Waals surface area contributed by atoms with Crippen molar-refractivity contribution < 1.29 is 29.5 Å². The first-order valence-corrected chi connectivity index (χ1v) is 30.0. The van der Waals surface area contributed by atoms with Crippen molar-refractivity contribution in [2.45, 2.75) is 121 Å². The fourth-order valence-corrected chi connectivity index (χ4v) is 8.74. The fourth-order valence-electron chi connectivity index (χ4n) is 4.95. The molecule has 0 saturated carbocycles. The summed E-state index contributed by atoms with van der Waals surface area (Å²) in [6.45, 7) is 27.3. The molecule has 0 fully saturated rings. The third-order valence-corrected chi connectivity index (χ3v) is 14.3. The van der Waals surface area contributed by atoms with Gasteiger partial charge in [0.2, 0.25) is 14.2 Å². The van der Waals surface area contributed by atoms with Crippen LogP contribution in [0, 0.1) is 47.0 Å². The lowest BCUT2D eigenvalue weighted by molar-refractivity contribution is 0.442. The molecule has 19 heteroatoms. The molecule has 2 N–H and O–H groups in total. The van der Waals surface area contributed by atoms with Crippen molar-refractivity contribution in [2.24, 2.45) is 5.41 Å². The molecule has 0 amide bonds. The number of hydrogen-bond donors (Lipinski definition) is 2. The van der Waals surface area contributed by atoms with Gasteiger partial charge in [0.05, 0.1) is 0 Å². The molecule has 0 saturated heterocycles. The number of nitrogens with zero attached hydrogens (tertiary/aromatic N) is 5. The van der Waals surface area contributed by atoms with Gasteiger partial charge in [-0.15, -0.1) is 11.3 Å². The summed E-state index contributed by atoms with van der Waals surface area (Å²) in [5, 5.41) is 4.15. The Bertz CT molecular complexity index is 2920. The van der Waals surface area contributed by atoms with Gasteiger partial charge in [0.15, 0.2) is 24.7 Å². The van der Waals surface area contributed by atoms with Gasteiger partial charge in [0.1, 0.15) is 15.9 Å². The Kier molecular flexibility index (Phi) is 23.6. The van der Waals surface area contributed by atoms with Gasteiger partial charge >= 0.3 is 0 Å². The number of aromatic nitrogens is 6. The van der Waals surface area contributed by atoms with E-state index in [0.717, 1.165) is 46.5 Å². The second kappa shape index (κ2) is 26.2.